The van der Waals surface area contributed by atoms with Crippen LogP contribution < -0.4 is 0 Å². The second-order valence-electron chi connectivity index (χ2n) is 5.46. The average molecular weight is 274 g/mol. The first-order valence-corrected chi connectivity index (χ1v) is 7.12. The summed E-state index contributed by atoms with van der Waals surface area (Å²) in [5.74, 6) is 0.352. The minimum atomic E-state index is 0.0549. The summed E-state index contributed by atoms with van der Waals surface area (Å²) in [6.45, 7) is 3.63. The van der Waals surface area contributed by atoms with Gasteiger partial charge in [0.2, 0.25) is 11.8 Å². The zero-order valence-electron chi connectivity index (χ0n) is 12.2. The number of hydrogen-bond donors (Lipinski definition) is 0. The summed E-state index contributed by atoms with van der Waals surface area (Å²) in [6, 6.07) is 10.0. The monoisotopic (exact) mass is 274 g/mol. The summed E-state index contributed by atoms with van der Waals surface area (Å²) >= 11 is 0. The summed E-state index contributed by atoms with van der Waals surface area (Å²) in [5, 5.41) is 0. The normalized spacial score (nSPS) is 16.0. The zero-order valence-corrected chi connectivity index (χ0v) is 12.2. The summed E-state index contributed by atoms with van der Waals surface area (Å²) in [7, 11) is 1.85. The van der Waals surface area contributed by atoms with Gasteiger partial charge in [0.15, 0.2) is 0 Å². The van der Waals surface area contributed by atoms with Gasteiger partial charge in [-0.2, -0.15) is 0 Å². The maximum absolute atomic E-state index is 12.4. The van der Waals surface area contributed by atoms with Gasteiger partial charge in [-0.3, -0.25) is 9.59 Å². The molecule has 20 heavy (non-hydrogen) atoms. The van der Waals surface area contributed by atoms with Gasteiger partial charge >= 0.3 is 0 Å². The van der Waals surface area contributed by atoms with E-state index in [1.54, 1.807) is 11.8 Å². The van der Waals surface area contributed by atoms with Crippen LogP contribution in [0.15, 0.2) is 30.3 Å². The van der Waals surface area contributed by atoms with Crippen molar-refractivity contribution in [2.75, 3.05) is 20.1 Å². The molecule has 0 saturated carbocycles. The van der Waals surface area contributed by atoms with E-state index < -0.39 is 0 Å². The Kier molecular flexibility index (Phi) is 4.77. The molecule has 4 nitrogen and oxygen atoms in total. The number of carbonyl (C=O) groups excluding carboxylic acids is 2. The lowest BCUT2D eigenvalue weighted by molar-refractivity contribution is -0.139. The molecule has 0 unspecified atom stereocenters. The molecule has 1 heterocycles. The lowest BCUT2D eigenvalue weighted by Gasteiger charge is -2.32. The highest BCUT2D eigenvalue weighted by Crippen LogP contribution is 2.20. The van der Waals surface area contributed by atoms with E-state index in [0.717, 1.165) is 18.4 Å². The number of benzene rings is 1. The van der Waals surface area contributed by atoms with Crippen molar-refractivity contribution in [2.24, 2.45) is 5.92 Å². The Hall–Kier alpha value is -1.84. The lowest BCUT2D eigenvalue weighted by Crippen LogP contribution is -2.42. The SMILES string of the molecule is CC(=O)N1CCC(C(=O)N(C)Cc2ccccc2)CC1. The standard InChI is InChI=1S/C16H22N2O2/c1-13(19)18-10-8-15(9-11-18)16(20)17(2)12-14-6-4-3-5-7-14/h3-7,15H,8-12H2,1-2H3. The first kappa shape index (κ1) is 14.6. The molecule has 0 bridgehead atoms. The molecule has 1 aliphatic heterocycles. The van der Waals surface area contributed by atoms with Crippen LogP contribution in [0.25, 0.3) is 0 Å². The molecule has 0 aromatic heterocycles. The summed E-state index contributed by atoms with van der Waals surface area (Å²) in [4.78, 5) is 27.3. The minimum absolute atomic E-state index is 0.0549. The number of carbonyl (C=O) groups is 2. The largest absolute Gasteiger partial charge is 0.343 e. The van der Waals surface area contributed by atoms with Gasteiger partial charge in [0.1, 0.15) is 0 Å². The highest BCUT2D eigenvalue weighted by Gasteiger charge is 2.27. The number of rotatable bonds is 3. The molecule has 108 valence electrons. The number of hydrogen-bond acceptors (Lipinski definition) is 2. The first-order valence-electron chi connectivity index (χ1n) is 7.12. The molecule has 1 aliphatic rings. The second-order valence-corrected chi connectivity index (χ2v) is 5.46. The molecule has 4 heteroatoms. The topological polar surface area (TPSA) is 40.6 Å². The van der Waals surface area contributed by atoms with E-state index >= 15 is 0 Å². The van der Waals surface area contributed by atoms with E-state index in [1.165, 1.54) is 0 Å². The predicted molar refractivity (Wildman–Crippen MR) is 77.9 cm³/mol. The zero-order chi connectivity index (χ0) is 14.5. The lowest BCUT2D eigenvalue weighted by atomic mass is 9.95. The number of nitrogens with zero attached hydrogens (tertiary/aromatic N) is 2. The van der Waals surface area contributed by atoms with E-state index in [-0.39, 0.29) is 17.7 Å². The molecule has 0 aliphatic carbocycles. The van der Waals surface area contributed by atoms with E-state index in [4.69, 9.17) is 0 Å². The van der Waals surface area contributed by atoms with Crippen LogP contribution in [0.5, 0.6) is 0 Å². The van der Waals surface area contributed by atoms with Crippen molar-refractivity contribution in [1.82, 2.24) is 9.80 Å². The second kappa shape index (κ2) is 6.55. The average Bonchev–Trinajstić information content (AvgIpc) is 2.47. The smallest absolute Gasteiger partial charge is 0.225 e. The molecule has 0 radical (unpaired) electrons. The van der Waals surface area contributed by atoms with Gasteiger partial charge in [-0.25, -0.2) is 0 Å². The van der Waals surface area contributed by atoms with Crippen molar-refractivity contribution in [3.63, 3.8) is 0 Å². The van der Waals surface area contributed by atoms with Crippen LogP contribution >= 0.6 is 0 Å². The fraction of sp³-hybridized carbons (Fsp3) is 0.500. The minimum Gasteiger partial charge on any atom is -0.343 e. The number of likely N-dealkylation sites (tertiary alicyclic amines) is 1. The van der Waals surface area contributed by atoms with Crippen LogP contribution in [0.2, 0.25) is 0 Å². The van der Waals surface area contributed by atoms with Crippen molar-refractivity contribution in [3.05, 3.63) is 35.9 Å². The fourth-order valence-electron chi connectivity index (χ4n) is 2.69. The molecule has 0 atom stereocenters. The molecule has 0 N–H and O–H groups in total. The van der Waals surface area contributed by atoms with Crippen molar-refractivity contribution in [2.45, 2.75) is 26.3 Å². The van der Waals surface area contributed by atoms with E-state index in [1.807, 2.05) is 42.3 Å². The summed E-state index contributed by atoms with van der Waals surface area (Å²) in [5.41, 5.74) is 1.14. The third kappa shape index (κ3) is 3.59. The summed E-state index contributed by atoms with van der Waals surface area (Å²) in [6.07, 6.45) is 1.55. The molecule has 2 amide bonds. The maximum Gasteiger partial charge on any atom is 0.225 e. The maximum atomic E-state index is 12.4. The van der Waals surface area contributed by atoms with Crippen molar-refractivity contribution in [3.8, 4) is 0 Å². The van der Waals surface area contributed by atoms with Crippen molar-refractivity contribution in [1.29, 1.82) is 0 Å². The fourth-order valence-corrected chi connectivity index (χ4v) is 2.69. The van der Waals surface area contributed by atoms with Crippen LogP contribution in [0.3, 0.4) is 0 Å². The Balaban J connectivity index is 1.87. The van der Waals surface area contributed by atoms with E-state index in [9.17, 15) is 9.59 Å². The Bertz CT molecular complexity index is 465. The van der Waals surface area contributed by atoms with Crippen LogP contribution in [0.4, 0.5) is 0 Å². The van der Waals surface area contributed by atoms with Gasteiger partial charge in [-0.1, -0.05) is 30.3 Å². The van der Waals surface area contributed by atoms with Gasteiger partial charge < -0.3 is 9.80 Å². The van der Waals surface area contributed by atoms with Gasteiger partial charge in [-0.05, 0) is 18.4 Å². The molecule has 1 saturated heterocycles. The quantitative estimate of drug-likeness (QED) is 0.844. The van der Waals surface area contributed by atoms with Crippen molar-refractivity contribution >= 4 is 11.8 Å². The van der Waals surface area contributed by atoms with E-state index in [0.29, 0.717) is 19.6 Å². The Morgan fingerprint density at radius 2 is 1.80 bits per heavy atom. The van der Waals surface area contributed by atoms with Gasteiger partial charge in [0.25, 0.3) is 0 Å². The van der Waals surface area contributed by atoms with Gasteiger partial charge in [-0.15, -0.1) is 0 Å². The highest BCUT2D eigenvalue weighted by atomic mass is 16.2. The predicted octanol–water partition coefficient (Wildman–Crippen LogP) is 1.90. The third-order valence-electron chi connectivity index (χ3n) is 3.93. The molecule has 2 rings (SSSR count). The van der Waals surface area contributed by atoms with Gasteiger partial charge in [0, 0.05) is 39.5 Å². The summed E-state index contributed by atoms with van der Waals surface area (Å²) < 4.78 is 0. The molecular formula is C16H22N2O2. The molecule has 0 spiro atoms. The Labute approximate surface area is 120 Å². The number of amides is 2. The molecule has 1 aromatic rings. The first-order chi connectivity index (χ1) is 9.58. The number of piperidine rings is 1. The molecule has 1 fully saturated rings. The Morgan fingerprint density at radius 1 is 1.20 bits per heavy atom. The van der Waals surface area contributed by atoms with Crippen LogP contribution in [0, 0.1) is 5.92 Å². The molecular weight excluding hydrogens is 252 g/mol. The van der Waals surface area contributed by atoms with Crippen LogP contribution in [-0.2, 0) is 16.1 Å². The van der Waals surface area contributed by atoms with Crippen molar-refractivity contribution < 1.29 is 9.59 Å². The Morgan fingerprint density at radius 3 is 2.35 bits per heavy atom. The van der Waals surface area contributed by atoms with Crippen LogP contribution in [0.1, 0.15) is 25.3 Å². The molecule has 1 aromatic carbocycles. The van der Waals surface area contributed by atoms with E-state index in [2.05, 4.69) is 0 Å². The van der Waals surface area contributed by atoms with Crippen LogP contribution in [-0.4, -0.2) is 41.8 Å². The third-order valence-corrected chi connectivity index (χ3v) is 3.93. The van der Waals surface area contributed by atoms with Gasteiger partial charge in [0.05, 0.1) is 0 Å². The highest BCUT2D eigenvalue weighted by molar-refractivity contribution is 5.79.